The van der Waals surface area contributed by atoms with E-state index in [0.29, 0.717) is 10.7 Å². The first-order valence-electron chi connectivity index (χ1n) is 8.45. The Hall–Kier alpha value is -2.84. The fraction of sp³-hybridized carbons (Fsp3) is 0.150. The number of imide groups is 1. The van der Waals surface area contributed by atoms with Gasteiger partial charge in [0, 0.05) is 24.0 Å². The van der Waals surface area contributed by atoms with Crippen LogP contribution in [0.4, 0.5) is 4.79 Å². The van der Waals surface area contributed by atoms with Crippen molar-refractivity contribution in [3.63, 3.8) is 0 Å². The number of nitrogens with zero attached hydrogens (tertiary/aromatic N) is 1. The topological polar surface area (TPSA) is 75.7 Å². The summed E-state index contributed by atoms with van der Waals surface area (Å²) >= 11 is 2.43. The number of nitrogens with one attached hydrogen (secondary N) is 1. The second-order valence-corrected chi connectivity index (χ2v) is 7.72. The van der Waals surface area contributed by atoms with Crippen LogP contribution in [0.2, 0.25) is 0 Å². The van der Waals surface area contributed by atoms with E-state index in [1.54, 1.807) is 31.4 Å². The van der Waals surface area contributed by atoms with Crippen LogP contribution in [0.3, 0.4) is 0 Å². The largest absolute Gasteiger partial charge is 0.497 e. The molecule has 0 aliphatic carbocycles. The number of hydrogen-bond donors (Lipinski definition) is 1. The lowest BCUT2D eigenvalue weighted by Crippen LogP contribution is -2.36. The van der Waals surface area contributed by atoms with Crippen molar-refractivity contribution in [3.05, 3.63) is 63.2 Å². The molecular weight excluding hydrogens is 396 g/mol. The summed E-state index contributed by atoms with van der Waals surface area (Å²) < 4.78 is 5.10. The molecule has 1 aliphatic rings. The van der Waals surface area contributed by atoms with E-state index >= 15 is 0 Å². The van der Waals surface area contributed by atoms with Crippen LogP contribution in [0.5, 0.6) is 5.75 Å². The Morgan fingerprint density at radius 1 is 1.21 bits per heavy atom. The maximum absolute atomic E-state index is 12.5. The SMILES string of the molecule is COc1ccc(/C=C2\SC(=O)N(CCNC(=O)/C=C/c3cccs3)C2=O)cc1. The molecule has 8 heteroatoms. The number of thioether (sulfide) groups is 1. The third-order valence-electron chi connectivity index (χ3n) is 3.86. The van der Waals surface area contributed by atoms with Gasteiger partial charge in [-0.25, -0.2) is 0 Å². The number of benzene rings is 1. The van der Waals surface area contributed by atoms with Gasteiger partial charge in [-0.05, 0) is 53.1 Å². The van der Waals surface area contributed by atoms with E-state index in [4.69, 9.17) is 4.74 Å². The molecule has 6 nitrogen and oxygen atoms in total. The van der Waals surface area contributed by atoms with Crippen LogP contribution in [0.15, 0.2) is 52.8 Å². The monoisotopic (exact) mass is 414 g/mol. The highest BCUT2D eigenvalue weighted by Crippen LogP contribution is 2.32. The molecule has 3 amide bonds. The second-order valence-electron chi connectivity index (χ2n) is 5.75. The van der Waals surface area contributed by atoms with Gasteiger partial charge in [0.15, 0.2) is 0 Å². The summed E-state index contributed by atoms with van der Waals surface area (Å²) in [7, 11) is 1.58. The molecule has 1 aliphatic heterocycles. The summed E-state index contributed by atoms with van der Waals surface area (Å²) in [5.74, 6) is 0.0949. The first-order valence-corrected chi connectivity index (χ1v) is 10.2. The van der Waals surface area contributed by atoms with Crippen molar-refractivity contribution in [2.75, 3.05) is 20.2 Å². The van der Waals surface area contributed by atoms with Crippen molar-refractivity contribution in [3.8, 4) is 5.75 Å². The molecule has 1 aromatic carbocycles. The van der Waals surface area contributed by atoms with Crippen molar-refractivity contribution in [1.29, 1.82) is 0 Å². The molecule has 0 saturated carbocycles. The van der Waals surface area contributed by atoms with Crippen LogP contribution >= 0.6 is 23.1 Å². The molecule has 0 spiro atoms. The molecule has 0 unspecified atom stereocenters. The van der Waals surface area contributed by atoms with E-state index < -0.39 is 0 Å². The first-order chi connectivity index (χ1) is 13.6. The second kappa shape index (κ2) is 9.38. The van der Waals surface area contributed by atoms with Crippen LogP contribution < -0.4 is 10.1 Å². The number of carbonyl (C=O) groups excluding carboxylic acids is 3. The summed E-state index contributed by atoms with van der Waals surface area (Å²) in [5.41, 5.74) is 0.804. The maximum atomic E-state index is 12.5. The van der Waals surface area contributed by atoms with Crippen molar-refractivity contribution in [2.45, 2.75) is 0 Å². The quantitative estimate of drug-likeness (QED) is 0.701. The van der Waals surface area contributed by atoms with E-state index in [0.717, 1.165) is 27.1 Å². The summed E-state index contributed by atoms with van der Waals surface area (Å²) in [6.45, 7) is 0.324. The van der Waals surface area contributed by atoms with E-state index in [2.05, 4.69) is 5.32 Å². The normalized spacial score (nSPS) is 15.6. The fourth-order valence-corrected chi connectivity index (χ4v) is 3.92. The molecule has 1 fully saturated rings. The highest BCUT2D eigenvalue weighted by Gasteiger charge is 2.34. The number of carbonyl (C=O) groups is 3. The van der Waals surface area contributed by atoms with E-state index in [1.807, 2.05) is 29.6 Å². The Morgan fingerprint density at radius 3 is 2.68 bits per heavy atom. The highest BCUT2D eigenvalue weighted by molar-refractivity contribution is 8.18. The minimum atomic E-state index is -0.353. The minimum Gasteiger partial charge on any atom is -0.497 e. The standard InChI is InChI=1S/C20H18N2O4S2/c1-26-15-6-4-14(5-7-15)13-17-19(24)22(20(25)28-17)11-10-21-18(23)9-8-16-3-2-12-27-16/h2-9,12-13H,10-11H2,1H3,(H,21,23)/b9-8+,17-13-. The zero-order valence-electron chi connectivity index (χ0n) is 15.1. The van der Waals surface area contributed by atoms with Gasteiger partial charge in [-0.1, -0.05) is 18.2 Å². The average molecular weight is 415 g/mol. The Kier molecular flexibility index (Phi) is 6.67. The zero-order chi connectivity index (χ0) is 19.9. The molecule has 0 radical (unpaired) electrons. The number of amides is 3. The van der Waals surface area contributed by atoms with Crippen LogP contribution in [0.25, 0.3) is 12.2 Å². The van der Waals surface area contributed by atoms with Gasteiger partial charge in [-0.2, -0.15) is 0 Å². The molecule has 1 N–H and O–H groups in total. The summed E-state index contributed by atoms with van der Waals surface area (Å²) in [5, 5.41) is 4.27. The number of rotatable bonds is 7. The number of thiophene rings is 1. The zero-order valence-corrected chi connectivity index (χ0v) is 16.7. The molecular formula is C20H18N2O4S2. The molecule has 0 bridgehead atoms. The molecule has 1 aromatic heterocycles. The summed E-state index contributed by atoms with van der Waals surface area (Å²) in [4.78, 5) is 38.9. The van der Waals surface area contributed by atoms with Crippen LogP contribution in [-0.4, -0.2) is 42.2 Å². The van der Waals surface area contributed by atoms with E-state index in [9.17, 15) is 14.4 Å². The first kappa shape index (κ1) is 19.9. The fourth-order valence-electron chi connectivity index (χ4n) is 2.44. The highest BCUT2D eigenvalue weighted by atomic mass is 32.2. The molecule has 3 rings (SSSR count). The van der Waals surface area contributed by atoms with Gasteiger partial charge < -0.3 is 10.1 Å². The lowest BCUT2D eigenvalue weighted by atomic mass is 10.2. The Balaban J connectivity index is 1.53. The van der Waals surface area contributed by atoms with Gasteiger partial charge in [0.1, 0.15) is 5.75 Å². The molecule has 2 heterocycles. The Bertz CT molecular complexity index is 918. The smallest absolute Gasteiger partial charge is 0.293 e. The van der Waals surface area contributed by atoms with Gasteiger partial charge >= 0.3 is 0 Å². The number of hydrogen-bond acceptors (Lipinski definition) is 6. The Morgan fingerprint density at radius 2 is 2.00 bits per heavy atom. The minimum absolute atomic E-state index is 0.128. The van der Waals surface area contributed by atoms with E-state index in [-0.39, 0.29) is 30.1 Å². The predicted octanol–water partition coefficient (Wildman–Crippen LogP) is 3.62. The molecule has 2 aromatic rings. The van der Waals surface area contributed by atoms with Crippen molar-refractivity contribution < 1.29 is 19.1 Å². The van der Waals surface area contributed by atoms with Gasteiger partial charge in [-0.3, -0.25) is 19.3 Å². The lowest BCUT2D eigenvalue weighted by molar-refractivity contribution is -0.123. The molecule has 1 saturated heterocycles. The molecule has 144 valence electrons. The lowest BCUT2D eigenvalue weighted by Gasteiger charge is -2.12. The van der Waals surface area contributed by atoms with Crippen molar-refractivity contribution in [1.82, 2.24) is 10.2 Å². The van der Waals surface area contributed by atoms with E-state index in [1.165, 1.54) is 17.4 Å². The summed E-state index contributed by atoms with van der Waals surface area (Å²) in [6.07, 6.45) is 4.83. The number of ether oxygens (including phenoxy) is 1. The van der Waals surface area contributed by atoms with Gasteiger partial charge in [-0.15, -0.1) is 11.3 Å². The van der Waals surface area contributed by atoms with Crippen LogP contribution in [0, 0.1) is 0 Å². The maximum Gasteiger partial charge on any atom is 0.293 e. The predicted molar refractivity (Wildman–Crippen MR) is 112 cm³/mol. The average Bonchev–Trinajstić information content (AvgIpc) is 3.31. The number of methoxy groups -OCH3 is 1. The van der Waals surface area contributed by atoms with Crippen LogP contribution in [-0.2, 0) is 9.59 Å². The molecule has 28 heavy (non-hydrogen) atoms. The Labute approximate surface area is 170 Å². The third-order valence-corrected chi connectivity index (χ3v) is 5.61. The van der Waals surface area contributed by atoms with Gasteiger partial charge in [0.2, 0.25) is 5.91 Å². The molecule has 0 atom stereocenters. The van der Waals surface area contributed by atoms with Crippen molar-refractivity contribution >= 4 is 52.3 Å². The van der Waals surface area contributed by atoms with Gasteiger partial charge in [0.05, 0.1) is 12.0 Å². The third kappa shape index (κ3) is 5.11. The van der Waals surface area contributed by atoms with Gasteiger partial charge in [0.25, 0.3) is 11.1 Å². The van der Waals surface area contributed by atoms with Crippen molar-refractivity contribution in [2.24, 2.45) is 0 Å². The van der Waals surface area contributed by atoms with Crippen LogP contribution in [0.1, 0.15) is 10.4 Å². The summed E-state index contributed by atoms with van der Waals surface area (Å²) in [6, 6.07) is 11.0.